The highest BCUT2D eigenvalue weighted by Crippen LogP contribution is 2.11. The molecule has 0 aliphatic carbocycles. The van der Waals surface area contributed by atoms with E-state index in [1.807, 2.05) is 0 Å². The lowest BCUT2D eigenvalue weighted by Crippen LogP contribution is -2.42. The van der Waals surface area contributed by atoms with E-state index in [1.165, 1.54) is 128 Å². The molecular formula is C37H68N2O2S. The Balaban J connectivity index is 3.48. The van der Waals surface area contributed by atoms with Crippen LogP contribution < -0.4 is 10.6 Å². The molecule has 0 fully saturated rings. The Morgan fingerprint density at radius 1 is 0.429 bits per heavy atom. The number of rotatable bonds is 30. The monoisotopic (exact) mass is 605 g/mol. The highest BCUT2D eigenvalue weighted by atomic mass is 32.1. The summed E-state index contributed by atoms with van der Waals surface area (Å²) in [4.78, 5) is 24.2. The Labute approximate surface area is 266 Å². The van der Waals surface area contributed by atoms with Crippen molar-refractivity contribution in [1.29, 1.82) is 0 Å². The molecule has 0 radical (unpaired) electrons. The Hall–Kier alpha value is -1.49. The molecule has 0 heterocycles. The van der Waals surface area contributed by atoms with Gasteiger partial charge in [-0.2, -0.15) is 0 Å². The maximum Gasteiger partial charge on any atom is 0.226 e. The average molecular weight is 605 g/mol. The van der Waals surface area contributed by atoms with E-state index in [1.54, 1.807) is 0 Å². The fourth-order valence-electron chi connectivity index (χ4n) is 5.12. The zero-order valence-electron chi connectivity index (χ0n) is 27.8. The predicted molar refractivity (Wildman–Crippen MR) is 188 cm³/mol. The van der Waals surface area contributed by atoms with E-state index in [2.05, 4.69) is 48.8 Å². The van der Waals surface area contributed by atoms with Crippen molar-refractivity contribution in [1.82, 2.24) is 10.6 Å². The van der Waals surface area contributed by atoms with Gasteiger partial charge in [-0.15, -0.1) is 0 Å². The van der Waals surface area contributed by atoms with E-state index >= 15 is 0 Å². The van der Waals surface area contributed by atoms with Gasteiger partial charge in [0.15, 0.2) is 5.11 Å². The van der Waals surface area contributed by atoms with Gasteiger partial charge >= 0.3 is 0 Å². The second-order valence-corrected chi connectivity index (χ2v) is 12.5. The first-order chi connectivity index (χ1) is 20.6. The van der Waals surface area contributed by atoms with Gasteiger partial charge < -0.3 is 10.6 Å². The third kappa shape index (κ3) is 33.0. The largest absolute Gasteiger partial charge is 0.303 e. The Morgan fingerprint density at radius 3 is 1.00 bits per heavy atom. The second kappa shape index (κ2) is 34.0. The number of nitrogens with one attached hydrogen (secondary N) is 2. The molecule has 0 saturated heterocycles. The number of allylic oxidation sites excluding steroid dienone is 4. The van der Waals surface area contributed by atoms with Gasteiger partial charge in [0.25, 0.3) is 0 Å². The molecular weight excluding hydrogens is 536 g/mol. The van der Waals surface area contributed by atoms with Crippen LogP contribution in [-0.4, -0.2) is 16.9 Å². The number of amides is 2. The number of hydrogen-bond donors (Lipinski definition) is 2. The smallest absolute Gasteiger partial charge is 0.226 e. The first-order valence-corrected chi connectivity index (χ1v) is 18.4. The number of thiocarbonyl (C=S) groups is 1. The maximum atomic E-state index is 12.1. The van der Waals surface area contributed by atoms with Crippen LogP contribution >= 0.6 is 12.2 Å². The van der Waals surface area contributed by atoms with Crippen molar-refractivity contribution in [2.45, 2.75) is 194 Å². The summed E-state index contributed by atoms with van der Waals surface area (Å²) in [6.45, 7) is 4.53. The summed E-state index contributed by atoms with van der Waals surface area (Å²) in [5.74, 6) is -0.196. The molecule has 0 rings (SSSR count). The van der Waals surface area contributed by atoms with Crippen LogP contribution in [0.25, 0.3) is 0 Å². The van der Waals surface area contributed by atoms with Gasteiger partial charge in [0.1, 0.15) is 0 Å². The average Bonchev–Trinajstić information content (AvgIpc) is 2.97. The van der Waals surface area contributed by atoms with E-state index in [9.17, 15) is 9.59 Å². The minimum atomic E-state index is -0.0982. The normalized spacial score (nSPS) is 11.5. The zero-order valence-corrected chi connectivity index (χ0v) is 28.6. The van der Waals surface area contributed by atoms with Gasteiger partial charge in [0, 0.05) is 12.8 Å². The third-order valence-electron chi connectivity index (χ3n) is 7.84. The molecule has 0 aromatic rings. The molecule has 0 saturated carbocycles. The number of carbonyl (C=O) groups is 2. The van der Waals surface area contributed by atoms with Crippen molar-refractivity contribution in [2.24, 2.45) is 0 Å². The highest BCUT2D eigenvalue weighted by Gasteiger charge is 2.08. The van der Waals surface area contributed by atoms with Crippen molar-refractivity contribution >= 4 is 29.1 Å². The van der Waals surface area contributed by atoms with Crippen LogP contribution in [0.3, 0.4) is 0 Å². The van der Waals surface area contributed by atoms with E-state index in [4.69, 9.17) is 12.2 Å². The molecule has 0 aromatic carbocycles. The van der Waals surface area contributed by atoms with E-state index in [-0.39, 0.29) is 16.9 Å². The summed E-state index contributed by atoms with van der Waals surface area (Å²) in [5, 5.41) is 5.46. The predicted octanol–water partition coefficient (Wildman–Crippen LogP) is 11.6. The van der Waals surface area contributed by atoms with Crippen LogP contribution in [0.15, 0.2) is 24.3 Å². The van der Waals surface area contributed by atoms with Crippen LogP contribution in [0, 0.1) is 0 Å². The molecule has 0 atom stereocenters. The fraction of sp³-hybridized carbons (Fsp3) is 0.811. The second-order valence-electron chi connectivity index (χ2n) is 12.1. The molecule has 0 bridgehead atoms. The van der Waals surface area contributed by atoms with E-state index in [0.29, 0.717) is 12.8 Å². The topological polar surface area (TPSA) is 58.2 Å². The van der Waals surface area contributed by atoms with Crippen LogP contribution in [0.4, 0.5) is 0 Å². The molecule has 0 aromatic heterocycles. The fourth-order valence-corrected chi connectivity index (χ4v) is 5.35. The van der Waals surface area contributed by atoms with Gasteiger partial charge in [-0.3, -0.25) is 9.59 Å². The SMILES string of the molecule is CCCCCCCCC=CCCCCCCCC(=O)NC(=S)NC(=O)CCCCCCCC=CCCCCCCCC. The quantitative estimate of drug-likeness (QED) is 0.0487. The summed E-state index contributed by atoms with van der Waals surface area (Å²) in [6.07, 6.45) is 42.5. The minimum absolute atomic E-state index is 0.0982. The maximum absolute atomic E-state index is 12.1. The standard InChI is InChI=1S/C37H68N2O2S/c1-3-5-7-9-11-13-15-17-19-21-23-25-27-29-31-33-35(40)38-37(42)39-36(41)34-32-30-28-26-24-22-20-18-16-14-12-10-8-6-4-2/h17-20H,3-16,21-34H2,1-2H3,(H2,38,39,40,41,42). The van der Waals surface area contributed by atoms with E-state index < -0.39 is 0 Å². The molecule has 244 valence electrons. The van der Waals surface area contributed by atoms with E-state index in [0.717, 1.165) is 38.5 Å². The molecule has 5 heteroatoms. The minimum Gasteiger partial charge on any atom is -0.303 e. The Bertz CT molecular complexity index is 633. The first-order valence-electron chi connectivity index (χ1n) is 18.0. The number of unbranched alkanes of at least 4 members (excludes halogenated alkanes) is 22. The highest BCUT2D eigenvalue weighted by molar-refractivity contribution is 7.80. The lowest BCUT2D eigenvalue weighted by atomic mass is 10.1. The number of hydrogen-bond acceptors (Lipinski definition) is 3. The molecule has 0 aliphatic heterocycles. The Morgan fingerprint density at radius 2 is 0.690 bits per heavy atom. The van der Waals surface area contributed by atoms with Gasteiger partial charge in [-0.05, 0) is 76.4 Å². The Kier molecular flexibility index (Phi) is 32.8. The summed E-state index contributed by atoms with van der Waals surface area (Å²) in [6, 6.07) is 0. The summed E-state index contributed by atoms with van der Waals surface area (Å²) in [7, 11) is 0. The van der Waals surface area contributed by atoms with Gasteiger partial charge in [-0.25, -0.2) is 0 Å². The van der Waals surface area contributed by atoms with Crippen molar-refractivity contribution in [3.05, 3.63) is 24.3 Å². The van der Waals surface area contributed by atoms with Crippen LogP contribution in [0.5, 0.6) is 0 Å². The van der Waals surface area contributed by atoms with Gasteiger partial charge in [0.2, 0.25) is 11.8 Å². The van der Waals surface area contributed by atoms with Crippen LogP contribution in [0.2, 0.25) is 0 Å². The molecule has 2 N–H and O–H groups in total. The molecule has 0 unspecified atom stereocenters. The molecule has 42 heavy (non-hydrogen) atoms. The zero-order chi connectivity index (χ0) is 30.8. The molecule has 4 nitrogen and oxygen atoms in total. The number of carbonyl (C=O) groups excluding carboxylic acids is 2. The van der Waals surface area contributed by atoms with Crippen molar-refractivity contribution in [3.63, 3.8) is 0 Å². The van der Waals surface area contributed by atoms with Gasteiger partial charge in [0.05, 0.1) is 0 Å². The lowest BCUT2D eigenvalue weighted by molar-refractivity contribution is -0.120. The van der Waals surface area contributed by atoms with Crippen molar-refractivity contribution < 1.29 is 9.59 Å². The summed E-state index contributed by atoms with van der Waals surface area (Å²) < 4.78 is 0. The van der Waals surface area contributed by atoms with Crippen molar-refractivity contribution in [2.75, 3.05) is 0 Å². The lowest BCUT2D eigenvalue weighted by Gasteiger charge is -2.08. The third-order valence-corrected chi connectivity index (χ3v) is 8.04. The summed E-state index contributed by atoms with van der Waals surface area (Å²) >= 11 is 5.15. The molecule has 2 amide bonds. The molecule has 0 spiro atoms. The first kappa shape index (κ1) is 40.5. The van der Waals surface area contributed by atoms with Crippen LogP contribution in [-0.2, 0) is 9.59 Å². The van der Waals surface area contributed by atoms with Gasteiger partial charge in [-0.1, -0.05) is 141 Å². The summed E-state index contributed by atoms with van der Waals surface area (Å²) in [5.41, 5.74) is 0. The van der Waals surface area contributed by atoms with Crippen molar-refractivity contribution in [3.8, 4) is 0 Å². The molecule has 0 aliphatic rings. The van der Waals surface area contributed by atoms with Crippen LogP contribution in [0.1, 0.15) is 194 Å².